The Balaban J connectivity index is 2.31. The molecule has 0 bridgehead atoms. The van der Waals surface area contributed by atoms with E-state index in [-0.39, 0.29) is 6.04 Å². The lowest BCUT2D eigenvalue weighted by Gasteiger charge is -2.17. The number of thioether (sulfide) groups is 1. The van der Waals surface area contributed by atoms with Gasteiger partial charge >= 0.3 is 5.97 Å². The summed E-state index contributed by atoms with van der Waals surface area (Å²) in [5.41, 5.74) is 0.941. The van der Waals surface area contributed by atoms with Gasteiger partial charge < -0.3 is 10.4 Å². The standard InChI is InChI=1S/C14H14ClNO2S2/c1-8(10-6-7-12(15)20-10)16-9-4-3-5-11(19-2)13(9)14(17)18/h3-8,16H,1-2H3,(H,17,18). The Kier molecular flexibility index (Phi) is 4.96. The van der Waals surface area contributed by atoms with E-state index >= 15 is 0 Å². The predicted octanol–water partition coefficient (Wildman–Crippen LogP) is 4.99. The number of aromatic carboxylic acids is 1. The molecule has 6 heteroatoms. The summed E-state index contributed by atoms with van der Waals surface area (Å²) in [5, 5.41) is 12.6. The zero-order chi connectivity index (χ0) is 14.7. The molecule has 0 amide bonds. The van der Waals surface area contributed by atoms with E-state index < -0.39 is 5.97 Å². The third-order valence-corrected chi connectivity index (χ3v) is 5.05. The van der Waals surface area contributed by atoms with Crippen LogP contribution < -0.4 is 5.32 Å². The highest BCUT2D eigenvalue weighted by Gasteiger charge is 2.17. The Morgan fingerprint density at radius 3 is 2.70 bits per heavy atom. The van der Waals surface area contributed by atoms with E-state index in [0.29, 0.717) is 11.3 Å². The van der Waals surface area contributed by atoms with Crippen LogP contribution in [0.5, 0.6) is 0 Å². The zero-order valence-electron chi connectivity index (χ0n) is 11.0. The number of rotatable bonds is 5. The van der Waals surface area contributed by atoms with Crippen LogP contribution in [0.3, 0.4) is 0 Å². The Bertz CT molecular complexity index is 627. The van der Waals surface area contributed by atoms with Crippen LogP contribution in [-0.2, 0) is 0 Å². The molecule has 3 nitrogen and oxygen atoms in total. The molecule has 1 aromatic heterocycles. The first-order valence-corrected chi connectivity index (χ1v) is 8.37. The van der Waals surface area contributed by atoms with Crippen molar-refractivity contribution in [1.82, 2.24) is 0 Å². The van der Waals surface area contributed by atoms with E-state index in [2.05, 4.69) is 5.32 Å². The molecule has 0 aliphatic carbocycles. The van der Waals surface area contributed by atoms with Gasteiger partial charge in [-0.05, 0) is 37.4 Å². The number of benzene rings is 1. The second-order valence-corrected chi connectivity index (χ2v) is 6.79. The fourth-order valence-corrected chi connectivity index (χ4v) is 3.59. The molecule has 0 radical (unpaired) electrons. The zero-order valence-corrected chi connectivity index (χ0v) is 13.4. The molecule has 1 heterocycles. The van der Waals surface area contributed by atoms with Crippen molar-refractivity contribution >= 4 is 46.4 Å². The minimum atomic E-state index is -0.922. The van der Waals surface area contributed by atoms with Gasteiger partial charge in [-0.2, -0.15) is 0 Å². The highest BCUT2D eigenvalue weighted by molar-refractivity contribution is 7.98. The second kappa shape index (κ2) is 6.52. The lowest BCUT2D eigenvalue weighted by molar-refractivity contribution is 0.0694. The van der Waals surface area contributed by atoms with Crippen LogP contribution in [0, 0.1) is 0 Å². The van der Waals surface area contributed by atoms with Crippen molar-refractivity contribution in [3.05, 3.63) is 45.1 Å². The minimum absolute atomic E-state index is 0.00251. The number of hydrogen-bond acceptors (Lipinski definition) is 4. The molecular weight excluding hydrogens is 314 g/mol. The molecule has 1 unspecified atom stereocenters. The monoisotopic (exact) mass is 327 g/mol. The number of carbonyl (C=O) groups is 1. The Hall–Kier alpha value is -1.17. The molecular formula is C14H14ClNO2S2. The van der Waals surface area contributed by atoms with Crippen molar-refractivity contribution in [2.45, 2.75) is 17.9 Å². The summed E-state index contributed by atoms with van der Waals surface area (Å²) in [6.07, 6.45) is 1.87. The normalized spacial score (nSPS) is 12.2. The van der Waals surface area contributed by atoms with Gasteiger partial charge in [0.15, 0.2) is 0 Å². The highest BCUT2D eigenvalue weighted by atomic mass is 35.5. The largest absolute Gasteiger partial charge is 0.478 e. The lowest BCUT2D eigenvalue weighted by Crippen LogP contribution is -2.10. The van der Waals surface area contributed by atoms with Crippen molar-refractivity contribution in [3.8, 4) is 0 Å². The molecule has 2 aromatic rings. The van der Waals surface area contributed by atoms with Gasteiger partial charge in [0.25, 0.3) is 0 Å². The van der Waals surface area contributed by atoms with Crippen LogP contribution in [0.15, 0.2) is 35.2 Å². The topological polar surface area (TPSA) is 49.3 Å². The fourth-order valence-electron chi connectivity index (χ4n) is 1.91. The lowest BCUT2D eigenvalue weighted by atomic mass is 10.1. The summed E-state index contributed by atoms with van der Waals surface area (Å²) in [4.78, 5) is 13.3. The number of anilines is 1. The van der Waals surface area contributed by atoms with E-state index in [0.717, 1.165) is 14.1 Å². The van der Waals surface area contributed by atoms with E-state index in [1.54, 1.807) is 6.07 Å². The number of thiophene rings is 1. The molecule has 0 spiro atoms. The summed E-state index contributed by atoms with van der Waals surface area (Å²) in [7, 11) is 0. The van der Waals surface area contributed by atoms with Crippen molar-refractivity contribution < 1.29 is 9.90 Å². The van der Waals surface area contributed by atoms with Gasteiger partial charge in [-0.1, -0.05) is 17.7 Å². The van der Waals surface area contributed by atoms with E-state index in [4.69, 9.17) is 11.6 Å². The average Bonchev–Trinajstić information content (AvgIpc) is 2.84. The minimum Gasteiger partial charge on any atom is -0.478 e. The van der Waals surface area contributed by atoms with Gasteiger partial charge in [0.1, 0.15) is 0 Å². The highest BCUT2D eigenvalue weighted by Crippen LogP contribution is 2.32. The number of halogens is 1. The molecule has 2 N–H and O–H groups in total. The average molecular weight is 328 g/mol. The smallest absolute Gasteiger partial charge is 0.338 e. The van der Waals surface area contributed by atoms with Crippen molar-refractivity contribution in [1.29, 1.82) is 0 Å². The third kappa shape index (κ3) is 3.29. The van der Waals surface area contributed by atoms with Crippen molar-refractivity contribution in [2.75, 3.05) is 11.6 Å². The predicted molar refractivity (Wildman–Crippen MR) is 86.5 cm³/mol. The van der Waals surface area contributed by atoms with Crippen molar-refractivity contribution in [2.24, 2.45) is 0 Å². The van der Waals surface area contributed by atoms with Gasteiger partial charge in [-0.25, -0.2) is 4.79 Å². The number of carboxylic acids is 1. The van der Waals surface area contributed by atoms with Crippen LogP contribution in [0.2, 0.25) is 4.34 Å². The molecule has 1 aromatic carbocycles. The number of carboxylic acid groups (broad SMARTS) is 1. The van der Waals surface area contributed by atoms with Crippen LogP contribution in [-0.4, -0.2) is 17.3 Å². The second-order valence-electron chi connectivity index (χ2n) is 4.20. The molecule has 2 rings (SSSR count). The van der Waals surface area contributed by atoms with Crippen molar-refractivity contribution in [3.63, 3.8) is 0 Å². The number of nitrogens with one attached hydrogen (secondary N) is 1. The van der Waals surface area contributed by atoms with Crippen LogP contribution in [0.25, 0.3) is 0 Å². The molecule has 0 saturated carbocycles. The van der Waals surface area contributed by atoms with Crippen LogP contribution in [0.4, 0.5) is 5.69 Å². The van der Waals surface area contributed by atoms with Gasteiger partial charge in [-0.15, -0.1) is 23.1 Å². The maximum atomic E-state index is 11.5. The quantitative estimate of drug-likeness (QED) is 0.759. The molecule has 106 valence electrons. The van der Waals surface area contributed by atoms with Gasteiger partial charge in [0.2, 0.25) is 0 Å². The molecule has 0 saturated heterocycles. The summed E-state index contributed by atoms with van der Waals surface area (Å²) < 4.78 is 0.727. The van der Waals surface area contributed by atoms with Gasteiger partial charge in [0, 0.05) is 9.77 Å². The maximum absolute atomic E-state index is 11.5. The van der Waals surface area contributed by atoms with E-state index in [1.807, 2.05) is 37.4 Å². The first-order chi connectivity index (χ1) is 9.52. The molecule has 1 atom stereocenters. The Morgan fingerprint density at radius 1 is 1.40 bits per heavy atom. The Morgan fingerprint density at radius 2 is 2.15 bits per heavy atom. The molecule has 0 aliphatic rings. The summed E-state index contributed by atoms with van der Waals surface area (Å²) in [6, 6.07) is 9.25. The summed E-state index contributed by atoms with van der Waals surface area (Å²) >= 11 is 8.85. The molecule has 20 heavy (non-hydrogen) atoms. The van der Waals surface area contributed by atoms with Crippen LogP contribution >= 0.6 is 34.7 Å². The van der Waals surface area contributed by atoms with E-state index in [1.165, 1.54) is 23.1 Å². The third-order valence-electron chi connectivity index (χ3n) is 2.85. The molecule has 0 aliphatic heterocycles. The van der Waals surface area contributed by atoms with Gasteiger partial charge in [-0.3, -0.25) is 0 Å². The molecule has 0 fully saturated rings. The van der Waals surface area contributed by atoms with Gasteiger partial charge in [0.05, 0.1) is 21.6 Å². The first-order valence-electron chi connectivity index (χ1n) is 5.95. The SMILES string of the molecule is CSc1cccc(NC(C)c2ccc(Cl)s2)c1C(=O)O. The summed E-state index contributed by atoms with van der Waals surface area (Å²) in [5.74, 6) is -0.922. The Labute approximate surface area is 131 Å². The first kappa shape index (κ1) is 15.2. The van der Waals surface area contributed by atoms with E-state index in [9.17, 15) is 9.90 Å². The van der Waals surface area contributed by atoms with Crippen LogP contribution in [0.1, 0.15) is 28.2 Å². The fraction of sp³-hybridized carbons (Fsp3) is 0.214. The number of hydrogen-bond donors (Lipinski definition) is 2. The maximum Gasteiger partial charge on any atom is 0.338 e. The summed E-state index contributed by atoms with van der Waals surface area (Å²) in [6.45, 7) is 1.99.